The zero-order valence-corrected chi connectivity index (χ0v) is 11.6. The van der Waals surface area contributed by atoms with Gasteiger partial charge in [0.25, 0.3) is 0 Å². The van der Waals surface area contributed by atoms with Gasteiger partial charge in [0.2, 0.25) is 0 Å². The molecule has 112 valence electrons. The van der Waals surface area contributed by atoms with Gasteiger partial charge in [-0.3, -0.25) is 0 Å². The van der Waals surface area contributed by atoms with Crippen LogP contribution < -0.4 is 10.6 Å². The number of carbonyl (C=O) groups is 1. The second-order valence-electron chi connectivity index (χ2n) is 4.66. The van der Waals surface area contributed by atoms with Crippen LogP contribution in [0, 0.1) is 11.6 Å². The molecule has 6 heteroatoms. The molecule has 0 fully saturated rings. The summed E-state index contributed by atoms with van der Waals surface area (Å²) in [5.41, 5.74) is 0.249. The number of hydrogen-bond acceptors (Lipinski definition) is 2. The van der Waals surface area contributed by atoms with E-state index in [1.807, 2.05) is 0 Å². The average Bonchev–Trinajstić information content (AvgIpc) is 2.36. The van der Waals surface area contributed by atoms with Crippen LogP contribution in [0.4, 0.5) is 13.6 Å². The molecule has 20 heavy (non-hydrogen) atoms. The minimum absolute atomic E-state index is 0.0226. The zero-order chi connectivity index (χ0) is 15.1. The summed E-state index contributed by atoms with van der Waals surface area (Å²) in [6.07, 6.45) is 0.916. The van der Waals surface area contributed by atoms with Gasteiger partial charge in [0.05, 0.1) is 6.04 Å². The molecule has 0 radical (unpaired) electrons. The van der Waals surface area contributed by atoms with Gasteiger partial charge in [-0.2, -0.15) is 0 Å². The van der Waals surface area contributed by atoms with Crippen molar-refractivity contribution in [1.29, 1.82) is 0 Å². The molecular weight excluding hydrogens is 266 g/mol. The molecule has 1 aromatic carbocycles. The lowest BCUT2D eigenvalue weighted by molar-refractivity contribution is 0.227. The number of carbonyl (C=O) groups excluding carboxylic acids is 1. The van der Waals surface area contributed by atoms with Gasteiger partial charge in [-0.1, -0.05) is 13.0 Å². The maximum absolute atomic E-state index is 13.7. The van der Waals surface area contributed by atoms with Crippen LogP contribution in [-0.2, 0) is 0 Å². The third-order valence-corrected chi connectivity index (χ3v) is 2.99. The molecular formula is C14H20F2N2O2. The summed E-state index contributed by atoms with van der Waals surface area (Å²) in [6.45, 7) is 3.53. The lowest BCUT2D eigenvalue weighted by atomic mass is 10.0. The van der Waals surface area contributed by atoms with E-state index in [1.54, 1.807) is 13.8 Å². The summed E-state index contributed by atoms with van der Waals surface area (Å²) in [5, 5.41) is 14.0. The fourth-order valence-corrected chi connectivity index (χ4v) is 1.87. The van der Waals surface area contributed by atoms with E-state index in [0.29, 0.717) is 12.8 Å². The molecule has 0 heterocycles. The first-order valence-electron chi connectivity index (χ1n) is 6.60. The Balaban J connectivity index is 2.69. The first-order chi connectivity index (χ1) is 9.47. The Kier molecular flexibility index (Phi) is 6.38. The van der Waals surface area contributed by atoms with E-state index in [2.05, 4.69) is 10.6 Å². The molecule has 2 atom stereocenters. The smallest absolute Gasteiger partial charge is 0.315 e. The number of nitrogens with one attached hydrogen (secondary N) is 2. The van der Waals surface area contributed by atoms with E-state index < -0.39 is 23.7 Å². The predicted molar refractivity (Wildman–Crippen MR) is 72.2 cm³/mol. The molecule has 0 aliphatic carbocycles. The number of hydrogen-bond donors (Lipinski definition) is 3. The summed E-state index contributed by atoms with van der Waals surface area (Å²) in [4.78, 5) is 11.7. The van der Waals surface area contributed by atoms with Crippen LogP contribution in [0.15, 0.2) is 18.2 Å². The van der Waals surface area contributed by atoms with Crippen molar-refractivity contribution < 1.29 is 18.7 Å². The number of benzene rings is 1. The number of urea groups is 1. The molecule has 0 aliphatic rings. The van der Waals surface area contributed by atoms with Crippen LogP contribution in [0.3, 0.4) is 0 Å². The molecule has 0 aliphatic heterocycles. The van der Waals surface area contributed by atoms with Gasteiger partial charge in [-0.25, -0.2) is 13.6 Å². The quantitative estimate of drug-likeness (QED) is 0.752. The van der Waals surface area contributed by atoms with Crippen molar-refractivity contribution in [3.05, 3.63) is 35.4 Å². The monoisotopic (exact) mass is 286 g/mol. The van der Waals surface area contributed by atoms with E-state index in [0.717, 1.165) is 12.1 Å². The molecule has 0 aromatic heterocycles. The Morgan fingerprint density at radius 3 is 2.60 bits per heavy atom. The summed E-state index contributed by atoms with van der Waals surface area (Å²) in [7, 11) is 0. The SMILES string of the molecule is CCC(NC(=O)N[C@H](C)CCO)c1ccc(F)cc1F. The van der Waals surface area contributed by atoms with Crippen molar-refractivity contribution in [2.45, 2.75) is 38.8 Å². The maximum atomic E-state index is 13.7. The molecule has 4 nitrogen and oxygen atoms in total. The molecule has 0 saturated heterocycles. The first kappa shape index (κ1) is 16.4. The fraction of sp³-hybridized carbons (Fsp3) is 0.500. The van der Waals surface area contributed by atoms with Gasteiger partial charge in [0.15, 0.2) is 0 Å². The number of aliphatic hydroxyl groups is 1. The molecule has 1 rings (SSSR count). The number of halogens is 2. The van der Waals surface area contributed by atoms with Crippen molar-refractivity contribution in [1.82, 2.24) is 10.6 Å². The van der Waals surface area contributed by atoms with Gasteiger partial charge in [-0.05, 0) is 25.8 Å². The zero-order valence-electron chi connectivity index (χ0n) is 11.6. The Morgan fingerprint density at radius 2 is 2.05 bits per heavy atom. The van der Waals surface area contributed by atoms with Gasteiger partial charge in [0.1, 0.15) is 11.6 Å². The van der Waals surface area contributed by atoms with Crippen LogP contribution >= 0.6 is 0 Å². The normalized spacial score (nSPS) is 13.7. The topological polar surface area (TPSA) is 61.4 Å². The predicted octanol–water partition coefficient (Wildman–Crippen LogP) is 2.49. The molecule has 0 spiro atoms. The summed E-state index contributed by atoms with van der Waals surface area (Å²) < 4.78 is 26.5. The van der Waals surface area contributed by atoms with Crippen molar-refractivity contribution in [2.24, 2.45) is 0 Å². The van der Waals surface area contributed by atoms with E-state index in [-0.39, 0.29) is 18.2 Å². The molecule has 0 bridgehead atoms. The Morgan fingerprint density at radius 1 is 1.35 bits per heavy atom. The van der Waals surface area contributed by atoms with E-state index >= 15 is 0 Å². The van der Waals surface area contributed by atoms with Crippen molar-refractivity contribution >= 4 is 6.03 Å². The van der Waals surface area contributed by atoms with Gasteiger partial charge < -0.3 is 15.7 Å². The lowest BCUT2D eigenvalue weighted by Crippen LogP contribution is -2.42. The largest absolute Gasteiger partial charge is 0.396 e. The Hall–Kier alpha value is -1.69. The standard InChI is InChI=1S/C14H20F2N2O2/c1-3-13(11-5-4-10(15)8-12(11)16)18-14(20)17-9(2)6-7-19/h4-5,8-9,13,19H,3,6-7H2,1-2H3,(H2,17,18,20)/t9-,13?/m1/s1. The summed E-state index contributed by atoms with van der Waals surface area (Å²) in [5.74, 6) is -1.33. The van der Waals surface area contributed by atoms with Crippen molar-refractivity contribution in [3.8, 4) is 0 Å². The minimum atomic E-state index is -0.680. The van der Waals surface area contributed by atoms with Crippen LogP contribution in [0.25, 0.3) is 0 Å². The number of rotatable bonds is 6. The van der Waals surface area contributed by atoms with Crippen LogP contribution in [0.2, 0.25) is 0 Å². The van der Waals surface area contributed by atoms with E-state index in [9.17, 15) is 13.6 Å². The first-order valence-corrected chi connectivity index (χ1v) is 6.60. The van der Waals surface area contributed by atoms with Gasteiger partial charge in [-0.15, -0.1) is 0 Å². The second kappa shape index (κ2) is 7.79. The molecule has 1 unspecified atom stereocenters. The van der Waals surface area contributed by atoms with E-state index in [4.69, 9.17) is 5.11 Å². The second-order valence-corrected chi connectivity index (χ2v) is 4.66. The fourth-order valence-electron chi connectivity index (χ4n) is 1.87. The highest BCUT2D eigenvalue weighted by atomic mass is 19.1. The van der Waals surface area contributed by atoms with Crippen molar-refractivity contribution in [2.75, 3.05) is 6.61 Å². The molecule has 2 amide bonds. The molecule has 3 N–H and O–H groups in total. The minimum Gasteiger partial charge on any atom is -0.396 e. The average molecular weight is 286 g/mol. The van der Waals surface area contributed by atoms with Crippen LogP contribution in [-0.4, -0.2) is 23.8 Å². The number of amides is 2. The molecule has 1 aromatic rings. The van der Waals surface area contributed by atoms with Gasteiger partial charge in [0, 0.05) is 24.3 Å². The molecule has 0 saturated carbocycles. The van der Waals surface area contributed by atoms with E-state index in [1.165, 1.54) is 6.07 Å². The highest BCUT2D eigenvalue weighted by Crippen LogP contribution is 2.20. The van der Waals surface area contributed by atoms with Gasteiger partial charge >= 0.3 is 6.03 Å². The Bertz CT molecular complexity index is 455. The third kappa shape index (κ3) is 4.77. The summed E-state index contributed by atoms with van der Waals surface area (Å²) >= 11 is 0. The highest BCUT2D eigenvalue weighted by Gasteiger charge is 2.17. The highest BCUT2D eigenvalue weighted by molar-refractivity contribution is 5.74. The lowest BCUT2D eigenvalue weighted by Gasteiger charge is -2.20. The van der Waals surface area contributed by atoms with Crippen molar-refractivity contribution in [3.63, 3.8) is 0 Å². The Labute approximate surface area is 117 Å². The van der Waals surface area contributed by atoms with Crippen LogP contribution in [0.1, 0.15) is 38.3 Å². The number of aliphatic hydroxyl groups excluding tert-OH is 1. The third-order valence-electron chi connectivity index (χ3n) is 2.99. The maximum Gasteiger partial charge on any atom is 0.315 e. The van der Waals surface area contributed by atoms with Crippen LogP contribution in [0.5, 0.6) is 0 Å². The summed E-state index contributed by atoms with van der Waals surface area (Å²) in [6, 6.07) is 2.13.